The van der Waals surface area contributed by atoms with Gasteiger partial charge in [-0.3, -0.25) is 0 Å². The van der Waals surface area contributed by atoms with Crippen LogP contribution in [0.5, 0.6) is 0 Å². The van der Waals surface area contributed by atoms with Crippen LogP contribution in [0.1, 0.15) is 29.6 Å². The standard InChI is InChI=1S/C14H14N2O4/c17-13(18)7-1-3-9-12(5-7)20-14(15-9)16-10-6-8-2-4-11(10)19-8/h1,3,5,8,10-11H,2,4,6H2,(H,15,16)(H,17,18). The van der Waals surface area contributed by atoms with E-state index in [0.717, 1.165) is 19.3 Å². The molecular weight excluding hydrogens is 260 g/mol. The van der Waals surface area contributed by atoms with Gasteiger partial charge in [-0.25, -0.2) is 4.79 Å². The number of fused-ring (bicyclic) bond motifs is 3. The first kappa shape index (κ1) is 11.7. The lowest BCUT2D eigenvalue weighted by Gasteiger charge is -2.18. The van der Waals surface area contributed by atoms with Gasteiger partial charge in [-0.2, -0.15) is 4.98 Å². The third-order valence-electron chi connectivity index (χ3n) is 4.05. The van der Waals surface area contributed by atoms with E-state index in [1.54, 1.807) is 6.07 Å². The number of aromatic carboxylic acids is 1. The maximum absolute atomic E-state index is 10.9. The van der Waals surface area contributed by atoms with Gasteiger partial charge in [0, 0.05) is 0 Å². The molecule has 0 amide bonds. The van der Waals surface area contributed by atoms with Crippen molar-refractivity contribution >= 4 is 23.1 Å². The molecule has 4 rings (SSSR count). The second-order valence-corrected chi connectivity index (χ2v) is 5.37. The summed E-state index contributed by atoms with van der Waals surface area (Å²) in [6.45, 7) is 0. The van der Waals surface area contributed by atoms with Gasteiger partial charge in [-0.05, 0) is 37.5 Å². The number of aromatic nitrogens is 1. The lowest BCUT2D eigenvalue weighted by molar-refractivity contribution is 0.0697. The van der Waals surface area contributed by atoms with Gasteiger partial charge in [0.05, 0.1) is 23.8 Å². The molecule has 0 radical (unpaired) electrons. The van der Waals surface area contributed by atoms with Gasteiger partial charge in [-0.1, -0.05) is 0 Å². The largest absolute Gasteiger partial charge is 0.478 e. The normalized spacial score (nSPS) is 28.1. The molecule has 3 unspecified atom stereocenters. The fraction of sp³-hybridized carbons (Fsp3) is 0.429. The van der Waals surface area contributed by atoms with Crippen LogP contribution in [0, 0.1) is 0 Å². The molecule has 2 bridgehead atoms. The third-order valence-corrected chi connectivity index (χ3v) is 4.05. The maximum Gasteiger partial charge on any atom is 0.335 e. The molecule has 2 aliphatic heterocycles. The van der Waals surface area contributed by atoms with Crippen molar-refractivity contribution in [3.8, 4) is 0 Å². The van der Waals surface area contributed by atoms with Crippen LogP contribution in [0.25, 0.3) is 11.1 Å². The van der Waals surface area contributed by atoms with Crippen LogP contribution in [0.3, 0.4) is 0 Å². The maximum atomic E-state index is 10.9. The van der Waals surface area contributed by atoms with Gasteiger partial charge >= 0.3 is 5.97 Å². The number of carbonyl (C=O) groups is 1. The number of anilines is 1. The minimum atomic E-state index is -0.973. The lowest BCUT2D eigenvalue weighted by Crippen LogP contribution is -2.30. The minimum Gasteiger partial charge on any atom is -0.478 e. The minimum absolute atomic E-state index is 0.198. The second-order valence-electron chi connectivity index (χ2n) is 5.37. The van der Waals surface area contributed by atoms with Gasteiger partial charge < -0.3 is 19.6 Å². The number of rotatable bonds is 3. The highest BCUT2D eigenvalue weighted by Gasteiger charge is 2.41. The molecule has 1 aromatic heterocycles. The topological polar surface area (TPSA) is 84.6 Å². The van der Waals surface area contributed by atoms with Gasteiger partial charge in [0.25, 0.3) is 6.01 Å². The van der Waals surface area contributed by atoms with Crippen LogP contribution < -0.4 is 5.32 Å². The Balaban J connectivity index is 1.59. The van der Waals surface area contributed by atoms with Gasteiger partial charge in [0.2, 0.25) is 0 Å². The number of carboxylic acids is 1. The van der Waals surface area contributed by atoms with E-state index in [4.69, 9.17) is 14.3 Å². The molecule has 6 heteroatoms. The van der Waals surface area contributed by atoms with Crippen molar-refractivity contribution < 1.29 is 19.1 Å². The Bertz CT molecular complexity index is 681. The van der Waals surface area contributed by atoms with Crippen molar-refractivity contribution in [2.45, 2.75) is 37.5 Å². The van der Waals surface area contributed by atoms with Crippen molar-refractivity contribution in [2.24, 2.45) is 0 Å². The number of carboxylic acid groups (broad SMARTS) is 1. The molecule has 1 aromatic carbocycles. The quantitative estimate of drug-likeness (QED) is 0.893. The van der Waals surface area contributed by atoms with Gasteiger partial charge in [-0.15, -0.1) is 0 Å². The zero-order chi connectivity index (χ0) is 13.7. The molecule has 2 aromatic rings. The summed E-state index contributed by atoms with van der Waals surface area (Å²) in [5, 5.41) is 12.2. The first-order valence-electron chi connectivity index (χ1n) is 6.75. The zero-order valence-corrected chi connectivity index (χ0v) is 10.7. The van der Waals surface area contributed by atoms with Crippen LogP contribution in [0.4, 0.5) is 6.01 Å². The van der Waals surface area contributed by atoms with E-state index in [2.05, 4.69) is 10.3 Å². The molecule has 6 nitrogen and oxygen atoms in total. The molecule has 0 aliphatic carbocycles. The van der Waals surface area contributed by atoms with Crippen LogP contribution in [-0.4, -0.2) is 34.3 Å². The Morgan fingerprint density at radius 3 is 3.00 bits per heavy atom. The smallest absolute Gasteiger partial charge is 0.335 e. The molecule has 0 spiro atoms. The summed E-state index contributed by atoms with van der Waals surface area (Å²) >= 11 is 0. The first-order valence-corrected chi connectivity index (χ1v) is 6.75. The van der Waals surface area contributed by atoms with E-state index >= 15 is 0 Å². The van der Waals surface area contributed by atoms with Crippen molar-refractivity contribution in [1.82, 2.24) is 4.98 Å². The van der Waals surface area contributed by atoms with Crippen molar-refractivity contribution in [3.63, 3.8) is 0 Å². The average Bonchev–Trinajstić information content (AvgIpc) is 3.11. The van der Waals surface area contributed by atoms with Crippen molar-refractivity contribution in [3.05, 3.63) is 23.8 Å². The zero-order valence-electron chi connectivity index (χ0n) is 10.7. The molecule has 2 saturated heterocycles. The molecule has 2 N–H and O–H groups in total. The molecule has 2 fully saturated rings. The van der Waals surface area contributed by atoms with E-state index in [9.17, 15) is 4.79 Å². The molecule has 0 saturated carbocycles. The number of ether oxygens (including phenoxy) is 1. The Labute approximate surface area is 114 Å². The van der Waals surface area contributed by atoms with Crippen molar-refractivity contribution in [1.29, 1.82) is 0 Å². The Hall–Kier alpha value is -2.08. The highest BCUT2D eigenvalue weighted by Crippen LogP contribution is 2.36. The monoisotopic (exact) mass is 274 g/mol. The van der Waals surface area contributed by atoms with E-state index in [0.29, 0.717) is 23.2 Å². The average molecular weight is 274 g/mol. The van der Waals surface area contributed by atoms with E-state index in [1.165, 1.54) is 12.1 Å². The molecule has 2 aliphatic rings. The third kappa shape index (κ3) is 1.84. The summed E-state index contributed by atoms with van der Waals surface area (Å²) in [5.41, 5.74) is 1.33. The number of nitrogens with zero attached hydrogens (tertiary/aromatic N) is 1. The summed E-state index contributed by atoms with van der Waals surface area (Å²) in [7, 11) is 0. The fourth-order valence-corrected chi connectivity index (χ4v) is 3.07. The molecular formula is C14H14N2O4. The number of oxazole rings is 1. The number of hydrogen-bond acceptors (Lipinski definition) is 5. The SMILES string of the molecule is O=C(O)c1ccc2nc(NC3CC4CCC3O4)oc2c1. The van der Waals surface area contributed by atoms with Crippen LogP contribution >= 0.6 is 0 Å². The van der Waals surface area contributed by atoms with Gasteiger partial charge in [0.15, 0.2) is 5.58 Å². The van der Waals surface area contributed by atoms with Crippen molar-refractivity contribution in [2.75, 3.05) is 5.32 Å². The summed E-state index contributed by atoms with van der Waals surface area (Å²) < 4.78 is 11.4. The van der Waals surface area contributed by atoms with E-state index in [1.807, 2.05) is 0 Å². The lowest BCUT2D eigenvalue weighted by atomic mass is 9.96. The molecule has 3 atom stereocenters. The highest BCUT2D eigenvalue weighted by molar-refractivity contribution is 5.92. The molecule has 3 heterocycles. The van der Waals surface area contributed by atoms with Crippen LogP contribution in [0.15, 0.2) is 22.6 Å². The fourth-order valence-electron chi connectivity index (χ4n) is 3.07. The van der Waals surface area contributed by atoms with Crippen LogP contribution in [-0.2, 0) is 4.74 Å². The van der Waals surface area contributed by atoms with E-state index in [-0.39, 0.29) is 17.7 Å². The Morgan fingerprint density at radius 1 is 1.40 bits per heavy atom. The summed E-state index contributed by atoms with van der Waals surface area (Å²) in [6, 6.07) is 5.35. The predicted molar refractivity (Wildman–Crippen MR) is 70.9 cm³/mol. The van der Waals surface area contributed by atoms with Gasteiger partial charge in [0.1, 0.15) is 5.52 Å². The Kier molecular flexibility index (Phi) is 2.47. The number of hydrogen-bond donors (Lipinski definition) is 2. The summed E-state index contributed by atoms with van der Waals surface area (Å²) in [5.74, 6) is -0.973. The first-order chi connectivity index (χ1) is 9.69. The summed E-state index contributed by atoms with van der Waals surface area (Å²) in [6.07, 6.45) is 3.79. The number of nitrogens with one attached hydrogen (secondary N) is 1. The molecule has 104 valence electrons. The van der Waals surface area contributed by atoms with E-state index < -0.39 is 5.97 Å². The predicted octanol–water partition coefficient (Wildman–Crippen LogP) is 2.26. The number of benzene rings is 1. The second kappa shape index (κ2) is 4.21. The summed E-state index contributed by atoms with van der Waals surface area (Å²) in [4.78, 5) is 15.3. The van der Waals surface area contributed by atoms with Crippen LogP contribution in [0.2, 0.25) is 0 Å². The Morgan fingerprint density at radius 2 is 2.30 bits per heavy atom. The highest BCUT2D eigenvalue weighted by atomic mass is 16.5. The molecule has 20 heavy (non-hydrogen) atoms.